The van der Waals surface area contributed by atoms with Gasteiger partial charge in [-0.15, -0.1) is 0 Å². The molecule has 1 saturated heterocycles. The van der Waals surface area contributed by atoms with Crippen molar-refractivity contribution in [3.63, 3.8) is 0 Å². The van der Waals surface area contributed by atoms with E-state index >= 15 is 0 Å². The lowest BCUT2D eigenvalue weighted by atomic mass is 9.74. The summed E-state index contributed by atoms with van der Waals surface area (Å²) in [5.74, 6) is -4.16. The number of hydrogen-bond acceptors (Lipinski definition) is 2. The van der Waals surface area contributed by atoms with E-state index in [1.807, 2.05) is 0 Å². The van der Waals surface area contributed by atoms with Crippen molar-refractivity contribution in [2.24, 2.45) is 5.92 Å². The minimum atomic E-state index is -2.64. The van der Waals surface area contributed by atoms with E-state index in [1.54, 1.807) is 0 Å². The molecule has 0 amide bonds. The van der Waals surface area contributed by atoms with Crippen LogP contribution in [-0.4, -0.2) is 29.2 Å². The summed E-state index contributed by atoms with van der Waals surface area (Å²) in [6.45, 7) is 0.378. The maximum atomic E-state index is 13.0. The van der Waals surface area contributed by atoms with Gasteiger partial charge in [-0.05, 0) is 19.3 Å². The molecule has 15 heavy (non-hydrogen) atoms. The quantitative estimate of drug-likeness (QED) is 0.735. The molecule has 86 valence electrons. The van der Waals surface area contributed by atoms with Crippen LogP contribution in [0.15, 0.2) is 0 Å². The number of hydrogen-bond donors (Lipinski definition) is 1. The molecule has 2 aliphatic rings. The van der Waals surface area contributed by atoms with E-state index in [0.717, 1.165) is 0 Å². The van der Waals surface area contributed by atoms with Crippen molar-refractivity contribution in [2.45, 2.75) is 43.6 Å². The predicted molar refractivity (Wildman–Crippen MR) is 47.8 cm³/mol. The van der Waals surface area contributed by atoms with E-state index in [4.69, 9.17) is 9.84 Å². The van der Waals surface area contributed by atoms with Gasteiger partial charge in [0.2, 0.25) is 5.92 Å². The molecule has 0 radical (unpaired) electrons. The molecule has 0 bridgehead atoms. The van der Waals surface area contributed by atoms with Crippen LogP contribution in [0.1, 0.15) is 32.1 Å². The summed E-state index contributed by atoms with van der Waals surface area (Å²) in [6.07, 6.45) is 0.266. The van der Waals surface area contributed by atoms with Crippen LogP contribution in [0, 0.1) is 5.92 Å². The van der Waals surface area contributed by atoms with Crippen molar-refractivity contribution in [1.82, 2.24) is 0 Å². The Balaban J connectivity index is 2.11. The maximum absolute atomic E-state index is 13.0. The maximum Gasteiger partial charge on any atom is 0.309 e. The first-order chi connectivity index (χ1) is 6.95. The van der Waals surface area contributed by atoms with Crippen LogP contribution in [0.4, 0.5) is 8.78 Å². The van der Waals surface area contributed by atoms with Gasteiger partial charge in [0.25, 0.3) is 0 Å². The van der Waals surface area contributed by atoms with Crippen LogP contribution in [0.5, 0.6) is 0 Å². The summed E-state index contributed by atoms with van der Waals surface area (Å²) in [5.41, 5.74) is -0.812. The fraction of sp³-hybridized carbons (Fsp3) is 0.900. The largest absolute Gasteiger partial charge is 0.481 e. The van der Waals surface area contributed by atoms with Gasteiger partial charge in [-0.3, -0.25) is 4.79 Å². The minimum Gasteiger partial charge on any atom is -0.481 e. The van der Waals surface area contributed by atoms with Gasteiger partial charge >= 0.3 is 5.97 Å². The van der Waals surface area contributed by atoms with Crippen molar-refractivity contribution in [2.75, 3.05) is 6.61 Å². The summed E-state index contributed by atoms with van der Waals surface area (Å²) in [7, 11) is 0. The molecule has 1 heterocycles. The molecule has 1 spiro atoms. The third-order valence-electron chi connectivity index (χ3n) is 3.56. The van der Waals surface area contributed by atoms with Crippen LogP contribution in [0.2, 0.25) is 0 Å². The summed E-state index contributed by atoms with van der Waals surface area (Å²) >= 11 is 0. The summed E-state index contributed by atoms with van der Waals surface area (Å²) < 4.78 is 31.4. The van der Waals surface area contributed by atoms with Crippen LogP contribution in [0.25, 0.3) is 0 Å². The third kappa shape index (κ3) is 1.85. The van der Waals surface area contributed by atoms with Gasteiger partial charge in [-0.1, -0.05) is 0 Å². The molecule has 1 unspecified atom stereocenters. The lowest BCUT2D eigenvalue weighted by Crippen LogP contribution is -2.45. The SMILES string of the molecule is O=C(O)C1CCOC12CCC(F)(F)CC2. The Labute approximate surface area is 86.4 Å². The van der Waals surface area contributed by atoms with E-state index in [-0.39, 0.29) is 25.7 Å². The third-order valence-corrected chi connectivity index (χ3v) is 3.56. The predicted octanol–water partition coefficient (Wildman–Crippen LogP) is 2.06. The second-order valence-corrected chi connectivity index (χ2v) is 4.45. The monoisotopic (exact) mass is 220 g/mol. The van der Waals surface area contributed by atoms with Crippen molar-refractivity contribution >= 4 is 5.97 Å². The van der Waals surface area contributed by atoms with Crippen LogP contribution in [0.3, 0.4) is 0 Å². The second-order valence-electron chi connectivity index (χ2n) is 4.45. The van der Waals surface area contributed by atoms with E-state index in [9.17, 15) is 13.6 Å². The van der Waals surface area contributed by atoms with Gasteiger partial charge in [0.15, 0.2) is 0 Å². The van der Waals surface area contributed by atoms with E-state index in [0.29, 0.717) is 13.0 Å². The van der Waals surface area contributed by atoms with Gasteiger partial charge in [-0.25, -0.2) is 8.78 Å². The highest BCUT2D eigenvalue weighted by Crippen LogP contribution is 2.47. The lowest BCUT2D eigenvalue weighted by molar-refractivity contribution is -0.159. The first-order valence-electron chi connectivity index (χ1n) is 5.20. The van der Waals surface area contributed by atoms with Gasteiger partial charge in [0.05, 0.1) is 11.5 Å². The standard InChI is InChI=1S/C10H14F2O3/c11-10(12)4-2-9(3-5-10)7(8(13)14)1-6-15-9/h7H,1-6H2,(H,13,14). The van der Waals surface area contributed by atoms with Gasteiger partial charge in [0, 0.05) is 19.4 Å². The summed E-state index contributed by atoms with van der Waals surface area (Å²) in [6, 6.07) is 0. The average Bonchev–Trinajstić information content (AvgIpc) is 2.55. The molecule has 0 aromatic heterocycles. The molecular formula is C10H14F2O3. The second kappa shape index (κ2) is 3.40. The van der Waals surface area contributed by atoms with E-state index < -0.39 is 23.4 Å². The highest BCUT2D eigenvalue weighted by atomic mass is 19.3. The molecule has 3 nitrogen and oxygen atoms in total. The smallest absolute Gasteiger partial charge is 0.309 e. The number of halogens is 2. The Bertz CT molecular complexity index is 268. The lowest BCUT2D eigenvalue weighted by Gasteiger charge is -2.38. The zero-order valence-corrected chi connectivity index (χ0v) is 8.34. The Kier molecular flexibility index (Phi) is 2.45. The fourth-order valence-electron chi connectivity index (χ4n) is 2.62. The van der Waals surface area contributed by atoms with Gasteiger partial charge in [-0.2, -0.15) is 0 Å². The number of alkyl halides is 2. The number of rotatable bonds is 1. The Morgan fingerprint density at radius 3 is 2.40 bits per heavy atom. The number of aliphatic carboxylic acids is 1. The first kappa shape index (κ1) is 10.8. The highest BCUT2D eigenvalue weighted by molar-refractivity contribution is 5.72. The van der Waals surface area contributed by atoms with E-state index in [2.05, 4.69) is 0 Å². The molecule has 1 atom stereocenters. The van der Waals surface area contributed by atoms with Crippen LogP contribution >= 0.6 is 0 Å². The van der Waals surface area contributed by atoms with Gasteiger partial charge < -0.3 is 9.84 Å². The molecule has 5 heteroatoms. The molecule has 0 aromatic carbocycles. The number of carbonyl (C=O) groups is 1. The first-order valence-corrected chi connectivity index (χ1v) is 5.20. The topological polar surface area (TPSA) is 46.5 Å². The van der Waals surface area contributed by atoms with Crippen LogP contribution in [-0.2, 0) is 9.53 Å². The molecule has 1 aliphatic heterocycles. The van der Waals surface area contributed by atoms with Crippen LogP contribution < -0.4 is 0 Å². The molecule has 1 saturated carbocycles. The molecule has 2 fully saturated rings. The molecule has 1 N–H and O–H groups in total. The summed E-state index contributed by atoms with van der Waals surface area (Å²) in [4.78, 5) is 11.0. The fourth-order valence-corrected chi connectivity index (χ4v) is 2.62. The van der Waals surface area contributed by atoms with Crippen molar-refractivity contribution in [3.8, 4) is 0 Å². The van der Waals surface area contributed by atoms with Gasteiger partial charge in [0.1, 0.15) is 0 Å². The molecular weight excluding hydrogens is 206 g/mol. The Morgan fingerprint density at radius 2 is 1.87 bits per heavy atom. The zero-order valence-electron chi connectivity index (χ0n) is 8.34. The van der Waals surface area contributed by atoms with Crippen molar-refractivity contribution < 1.29 is 23.4 Å². The Hall–Kier alpha value is -0.710. The molecule has 0 aromatic rings. The average molecular weight is 220 g/mol. The van der Waals surface area contributed by atoms with Crippen molar-refractivity contribution in [3.05, 3.63) is 0 Å². The summed E-state index contributed by atoms with van der Waals surface area (Å²) in [5, 5.41) is 8.99. The van der Waals surface area contributed by atoms with E-state index in [1.165, 1.54) is 0 Å². The minimum absolute atomic E-state index is 0.164. The molecule has 2 rings (SSSR count). The zero-order chi connectivity index (χ0) is 11.1. The normalized spacial score (nSPS) is 33.1. The number of ether oxygens (including phenoxy) is 1. The Morgan fingerprint density at radius 1 is 1.27 bits per heavy atom. The van der Waals surface area contributed by atoms with Crippen molar-refractivity contribution in [1.29, 1.82) is 0 Å². The number of carboxylic acids is 1. The number of carboxylic acid groups (broad SMARTS) is 1. The molecule has 1 aliphatic carbocycles. The highest BCUT2D eigenvalue weighted by Gasteiger charge is 2.53.